The molecule has 1 N–H and O–H groups in total. The lowest BCUT2D eigenvalue weighted by Gasteiger charge is -2.31. The highest BCUT2D eigenvalue weighted by Gasteiger charge is 2.24. The molecule has 1 heterocycles. The highest BCUT2D eigenvalue weighted by atomic mass is 15.1. The number of rotatable bonds is 6. The Balaban J connectivity index is 1.93. The fraction of sp³-hybridized carbons (Fsp3) is 0.706. The van der Waals surface area contributed by atoms with Gasteiger partial charge < -0.3 is 5.32 Å². The van der Waals surface area contributed by atoms with Crippen molar-refractivity contribution in [3.8, 4) is 0 Å². The summed E-state index contributed by atoms with van der Waals surface area (Å²) in [5.74, 6) is 0.796. The van der Waals surface area contributed by atoms with E-state index in [0.717, 1.165) is 19.0 Å². The molecule has 1 aromatic heterocycles. The van der Waals surface area contributed by atoms with E-state index in [1.54, 1.807) is 0 Å². The highest BCUT2D eigenvalue weighted by Crippen LogP contribution is 2.24. The van der Waals surface area contributed by atoms with Crippen LogP contribution in [0.3, 0.4) is 0 Å². The van der Waals surface area contributed by atoms with Crippen molar-refractivity contribution in [2.24, 2.45) is 5.92 Å². The Hall–Kier alpha value is -0.930. The standard InChI is InChI=1S/C17H29N3/c1-3-20(13-15-9-11-19-12-10-15)14-16-7-5-4-6-8-17(16)18-2/h9-12,16-18H,3-8,13-14H2,1-2H3. The van der Waals surface area contributed by atoms with E-state index in [4.69, 9.17) is 0 Å². The van der Waals surface area contributed by atoms with Crippen molar-refractivity contribution in [3.05, 3.63) is 30.1 Å². The molecule has 2 atom stereocenters. The first-order chi connectivity index (χ1) is 9.83. The van der Waals surface area contributed by atoms with Crippen molar-refractivity contribution in [2.45, 2.75) is 51.6 Å². The molecule has 3 nitrogen and oxygen atoms in total. The molecule has 0 bridgehead atoms. The summed E-state index contributed by atoms with van der Waals surface area (Å²) in [5.41, 5.74) is 1.37. The summed E-state index contributed by atoms with van der Waals surface area (Å²) >= 11 is 0. The van der Waals surface area contributed by atoms with Crippen LogP contribution in [0, 0.1) is 5.92 Å². The van der Waals surface area contributed by atoms with Crippen LogP contribution in [0.15, 0.2) is 24.5 Å². The van der Waals surface area contributed by atoms with Crippen LogP contribution in [0.4, 0.5) is 0 Å². The van der Waals surface area contributed by atoms with Crippen molar-refractivity contribution in [3.63, 3.8) is 0 Å². The number of nitrogens with one attached hydrogen (secondary N) is 1. The first-order valence-corrected chi connectivity index (χ1v) is 8.12. The monoisotopic (exact) mass is 275 g/mol. The van der Waals surface area contributed by atoms with E-state index < -0.39 is 0 Å². The zero-order chi connectivity index (χ0) is 14.2. The Kier molecular flexibility index (Phi) is 6.48. The summed E-state index contributed by atoms with van der Waals surface area (Å²) in [6.45, 7) is 5.65. The van der Waals surface area contributed by atoms with E-state index in [1.165, 1.54) is 44.2 Å². The molecule has 112 valence electrons. The molecule has 0 aromatic carbocycles. The second kappa shape index (κ2) is 8.38. The Morgan fingerprint density at radius 1 is 1.20 bits per heavy atom. The topological polar surface area (TPSA) is 28.2 Å². The van der Waals surface area contributed by atoms with Crippen LogP contribution in [0.25, 0.3) is 0 Å². The van der Waals surface area contributed by atoms with Crippen molar-refractivity contribution in [1.82, 2.24) is 15.2 Å². The average molecular weight is 275 g/mol. The Bertz CT molecular complexity index is 366. The second-order valence-corrected chi connectivity index (χ2v) is 5.98. The molecule has 0 spiro atoms. The van der Waals surface area contributed by atoms with Gasteiger partial charge in [0, 0.05) is 31.5 Å². The van der Waals surface area contributed by atoms with E-state index in [0.29, 0.717) is 6.04 Å². The zero-order valence-corrected chi connectivity index (χ0v) is 13.0. The normalized spacial score (nSPS) is 23.8. The predicted octanol–water partition coefficient (Wildman–Crippen LogP) is 3.07. The van der Waals surface area contributed by atoms with Gasteiger partial charge in [-0.3, -0.25) is 9.88 Å². The molecule has 3 heteroatoms. The van der Waals surface area contributed by atoms with Crippen molar-refractivity contribution in [2.75, 3.05) is 20.1 Å². The van der Waals surface area contributed by atoms with Gasteiger partial charge in [-0.2, -0.15) is 0 Å². The maximum atomic E-state index is 4.10. The Morgan fingerprint density at radius 2 is 1.95 bits per heavy atom. The molecule has 2 rings (SSSR count). The number of pyridine rings is 1. The number of nitrogens with zero attached hydrogens (tertiary/aromatic N) is 2. The third-order valence-corrected chi connectivity index (χ3v) is 4.63. The molecule has 1 aliphatic carbocycles. The summed E-state index contributed by atoms with van der Waals surface area (Å²) in [7, 11) is 2.13. The molecule has 1 aromatic rings. The second-order valence-electron chi connectivity index (χ2n) is 5.98. The molecule has 1 saturated carbocycles. The van der Waals surface area contributed by atoms with Gasteiger partial charge in [0.15, 0.2) is 0 Å². The summed E-state index contributed by atoms with van der Waals surface area (Å²) < 4.78 is 0. The molecule has 1 aliphatic rings. The van der Waals surface area contributed by atoms with Gasteiger partial charge >= 0.3 is 0 Å². The van der Waals surface area contributed by atoms with Crippen LogP contribution in [-0.2, 0) is 6.54 Å². The van der Waals surface area contributed by atoms with E-state index in [-0.39, 0.29) is 0 Å². The highest BCUT2D eigenvalue weighted by molar-refractivity contribution is 5.09. The van der Waals surface area contributed by atoms with Crippen molar-refractivity contribution >= 4 is 0 Å². The average Bonchev–Trinajstić information content (AvgIpc) is 2.72. The lowest BCUT2D eigenvalue weighted by Crippen LogP contribution is -2.40. The van der Waals surface area contributed by atoms with Crippen LogP contribution in [0.1, 0.15) is 44.6 Å². The first-order valence-electron chi connectivity index (χ1n) is 8.12. The third kappa shape index (κ3) is 4.57. The van der Waals surface area contributed by atoms with Crippen LogP contribution in [0.2, 0.25) is 0 Å². The SMILES string of the molecule is CCN(Cc1ccncc1)CC1CCCCCC1NC. The number of hydrogen-bond acceptors (Lipinski definition) is 3. The lowest BCUT2D eigenvalue weighted by atomic mass is 9.94. The van der Waals surface area contributed by atoms with E-state index in [9.17, 15) is 0 Å². The third-order valence-electron chi connectivity index (χ3n) is 4.63. The van der Waals surface area contributed by atoms with E-state index in [1.807, 2.05) is 12.4 Å². The van der Waals surface area contributed by atoms with Crippen LogP contribution in [-0.4, -0.2) is 36.1 Å². The summed E-state index contributed by atoms with van der Waals surface area (Å²) in [4.78, 5) is 6.68. The van der Waals surface area contributed by atoms with Gasteiger partial charge in [0.2, 0.25) is 0 Å². The Morgan fingerprint density at radius 3 is 2.65 bits per heavy atom. The molecule has 0 aliphatic heterocycles. The maximum absolute atomic E-state index is 4.10. The molecule has 0 saturated heterocycles. The molecule has 0 amide bonds. The van der Waals surface area contributed by atoms with Gasteiger partial charge in [-0.25, -0.2) is 0 Å². The smallest absolute Gasteiger partial charge is 0.0271 e. The van der Waals surface area contributed by atoms with E-state index in [2.05, 4.69) is 41.3 Å². The molecule has 1 fully saturated rings. The van der Waals surface area contributed by atoms with Gasteiger partial charge in [-0.1, -0.05) is 26.2 Å². The quantitative estimate of drug-likeness (QED) is 0.809. The largest absolute Gasteiger partial charge is 0.317 e. The molecule has 2 unspecified atom stereocenters. The van der Waals surface area contributed by atoms with E-state index >= 15 is 0 Å². The summed E-state index contributed by atoms with van der Waals surface area (Å²) in [5, 5.41) is 3.55. The lowest BCUT2D eigenvalue weighted by molar-refractivity contribution is 0.198. The Labute approximate surface area is 123 Å². The first kappa shape index (κ1) is 15.5. The maximum Gasteiger partial charge on any atom is 0.0271 e. The fourth-order valence-electron chi connectivity index (χ4n) is 3.37. The number of aromatic nitrogens is 1. The van der Waals surface area contributed by atoms with Crippen LogP contribution < -0.4 is 5.32 Å². The van der Waals surface area contributed by atoms with Crippen LogP contribution >= 0.6 is 0 Å². The molecular weight excluding hydrogens is 246 g/mol. The number of hydrogen-bond donors (Lipinski definition) is 1. The molecule has 20 heavy (non-hydrogen) atoms. The minimum atomic E-state index is 0.698. The van der Waals surface area contributed by atoms with Gasteiger partial charge in [-0.15, -0.1) is 0 Å². The molecule has 0 radical (unpaired) electrons. The van der Waals surface area contributed by atoms with Crippen molar-refractivity contribution < 1.29 is 0 Å². The minimum Gasteiger partial charge on any atom is -0.317 e. The van der Waals surface area contributed by atoms with Gasteiger partial charge in [0.1, 0.15) is 0 Å². The van der Waals surface area contributed by atoms with Gasteiger partial charge in [-0.05, 0) is 50.0 Å². The van der Waals surface area contributed by atoms with Gasteiger partial charge in [0.05, 0.1) is 0 Å². The minimum absolute atomic E-state index is 0.698. The zero-order valence-electron chi connectivity index (χ0n) is 13.0. The molecular formula is C17H29N3. The fourth-order valence-corrected chi connectivity index (χ4v) is 3.37. The van der Waals surface area contributed by atoms with Gasteiger partial charge in [0.25, 0.3) is 0 Å². The predicted molar refractivity (Wildman–Crippen MR) is 84.6 cm³/mol. The van der Waals surface area contributed by atoms with Crippen molar-refractivity contribution in [1.29, 1.82) is 0 Å². The summed E-state index contributed by atoms with van der Waals surface area (Å²) in [6, 6.07) is 4.96. The summed E-state index contributed by atoms with van der Waals surface area (Å²) in [6.07, 6.45) is 10.7. The van der Waals surface area contributed by atoms with Crippen LogP contribution in [0.5, 0.6) is 0 Å².